The normalized spacial score (nSPS) is 11.4. The van der Waals surface area contributed by atoms with Crippen LogP contribution < -0.4 is 11.3 Å². The quantitative estimate of drug-likeness (QED) is 0.323. The lowest BCUT2D eigenvalue weighted by atomic mass is 9.93. The maximum absolute atomic E-state index is 13.4. The van der Waals surface area contributed by atoms with Gasteiger partial charge in [0.05, 0.1) is 17.3 Å². The number of benzene rings is 3. The third kappa shape index (κ3) is 3.79. The van der Waals surface area contributed by atoms with Crippen molar-refractivity contribution in [1.82, 2.24) is 24.7 Å². The minimum Gasteiger partial charge on any atom is -0.508 e. The van der Waals surface area contributed by atoms with E-state index in [1.165, 1.54) is 11.9 Å². The summed E-state index contributed by atoms with van der Waals surface area (Å²) < 4.78 is 1.69. The van der Waals surface area contributed by atoms with Gasteiger partial charge < -0.3 is 15.8 Å². The molecule has 37 heavy (non-hydrogen) atoms. The van der Waals surface area contributed by atoms with Gasteiger partial charge in [-0.25, -0.2) is 14.6 Å². The van der Waals surface area contributed by atoms with E-state index >= 15 is 0 Å². The molecule has 8 heteroatoms. The van der Waals surface area contributed by atoms with Crippen LogP contribution in [0.15, 0.2) is 77.9 Å². The van der Waals surface area contributed by atoms with Gasteiger partial charge in [-0.3, -0.25) is 4.79 Å². The topological polar surface area (TPSA) is 123 Å². The molecule has 0 aliphatic carbocycles. The molecule has 0 aliphatic rings. The monoisotopic (exact) mass is 488 g/mol. The number of nitrogens with zero attached hydrogens (tertiary/aromatic N) is 4. The number of aryl methyl sites for hydroxylation is 1. The molecular formula is C29H24N6O2. The van der Waals surface area contributed by atoms with Crippen LogP contribution in [0.5, 0.6) is 5.75 Å². The number of H-pyrrole nitrogens is 1. The molecule has 6 aromatic rings. The van der Waals surface area contributed by atoms with Crippen LogP contribution in [0.3, 0.4) is 0 Å². The number of fused-ring (bicyclic) bond motifs is 2. The van der Waals surface area contributed by atoms with Gasteiger partial charge in [-0.05, 0) is 59.7 Å². The van der Waals surface area contributed by atoms with Gasteiger partial charge in [-0.2, -0.15) is 5.10 Å². The molecule has 0 fully saturated rings. The first-order valence-electron chi connectivity index (χ1n) is 11.9. The molecule has 3 aromatic carbocycles. The minimum absolute atomic E-state index is 0.120. The highest BCUT2D eigenvalue weighted by Crippen LogP contribution is 2.33. The van der Waals surface area contributed by atoms with Gasteiger partial charge in [0.25, 0.3) is 5.56 Å². The van der Waals surface area contributed by atoms with Crippen molar-refractivity contribution in [3.8, 4) is 28.1 Å². The second kappa shape index (κ2) is 8.60. The largest absolute Gasteiger partial charge is 0.508 e. The molecule has 0 bridgehead atoms. The summed E-state index contributed by atoms with van der Waals surface area (Å²) in [6.45, 7) is 4.42. The van der Waals surface area contributed by atoms with Crippen molar-refractivity contribution < 1.29 is 5.11 Å². The summed E-state index contributed by atoms with van der Waals surface area (Å²) >= 11 is 0. The van der Waals surface area contributed by atoms with Crippen LogP contribution in [0.1, 0.15) is 16.8 Å². The molecule has 182 valence electrons. The fourth-order valence-corrected chi connectivity index (χ4v) is 4.89. The van der Waals surface area contributed by atoms with E-state index in [2.05, 4.69) is 34.9 Å². The molecule has 0 saturated heterocycles. The lowest BCUT2D eigenvalue weighted by molar-refractivity contribution is 0.475. The van der Waals surface area contributed by atoms with Gasteiger partial charge in [0.2, 0.25) is 0 Å². The summed E-state index contributed by atoms with van der Waals surface area (Å²) in [5, 5.41) is 16.8. The van der Waals surface area contributed by atoms with Crippen LogP contribution in [-0.4, -0.2) is 29.8 Å². The van der Waals surface area contributed by atoms with Crippen LogP contribution in [0, 0.1) is 13.8 Å². The number of aromatic nitrogens is 5. The molecule has 8 nitrogen and oxygen atoms in total. The molecule has 3 heterocycles. The molecule has 4 N–H and O–H groups in total. The predicted octanol–water partition coefficient (Wildman–Crippen LogP) is 4.95. The van der Waals surface area contributed by atoms with Crippen molar-refractivity contribution >= 4 is 27.6 Å². The Hall–Kier alpha value is -4.98. The molecule has 6 rings (SSSR count). The summed E-state index contributed by atoms with van der Waals surface area (Å²) in [4.78, 5) is 25.0. The number of aromatic amines is 1. The Bertz CT molecular complexity index is 1890. The first kappa shape index (κ1) is 22.5. The van der Waals surface area contributed by atoms with E-state index in [4.69, 9.17) is 10.8 Å². The van der Waals surface area contributed by atoms with Crippen molar-refractivity contribution in [3.63, 3.8) is 0 Å². The molecule has 3 aromatic heterocycles. The molecule has 0 spiro atoms. The summed E-state index contributed by atoms with van der Waals surface area (Å²) in [5.74, 6) is 0.411. The van der Waals surface area contributed by atoms with E-state index in [0.717, 1.165) is 22.1 Å². The highest BCUT2D eigenvalue weighted by atomic mass is 16.3. The number of pyridine rings is 1. The van der Waals surface area contributed by atoms with Crippen molar-refractivity contribution in [1.29, 1.82) is 0 Å². The number of nitrogens with one attached hydrogen (secondary N) is 1. The number of phenols is 1. The molecule has 0 unspecified atom stereocenters. The number of nitrogen functional groups attached to an aromatic ring is 1. The minimum atomic E-state index is -0.164. The van der Waals surface area contributed by atoms with Gasteiger partial charge >= 0.3 is 0 Å². The van der Waals surface area contributed by atoms with Gasteiger partial charge in [-0.1, -0.05) is 48.5 Å². The van der Waals surface area contributed by atoms with E-state index in [9.17, 15) is 9.90 Å². The highest BCUT2D eigenvalue weighted by Gasteiger charge is 2.18. The Labute approximate surface area is 212 Å². The number of rotatable bonds is 4. The first-order chi connectivity index (χ1) is 17.9. The Morgan fingerprint density at radius 3 is 2.57 bits per heavy atom. The molecule has 0 aliphatic heterocycles. The Balaban J connectivity index is 1.49. The van der Waals surface area contributed by atoms with Gasteiger partial charge in [0.15, 0.2) is 5.65 Å². The molecule has 0 radical (unpaired) electrons. The van der Waals surface area contributed by atoms with E-state index in [-0.39, 0.29) is 17.9 Å². The first-order valence-corrected chi connectivity index (χ1v) is 11.9. The Morgan fingerprint density at radius 2 is 1.73 bits per heavy atom. The number of hydrogen-bond acceptors (Lipinski definition) is 6. The second-order valence-electron chi connectivity index (χ2n) is 9.16. The average molecular weight is 489 g/mol. The number of hydrogen-bond donors (Lipinski definition) is 3. The van der Waals surface area contributed by atoms with E-state index in [1.807, 2.05) is 42.5 Å². The SMILES string of the molecule is Cc1cccc(-c2cccc3cc(Cn4nc(-c5cccc(O)c5)c5c(N)ncnc54)[nH]c(=O)c23)c1C. The van der Waals surface area contributed by atoms with Crippen LogP contribution in [0.25, 0.3) is 44.2 Å². The van der Waals surface area contributed by atoms with E-state index in [1.54, 1.807) is 22.9 Å². The standard InChI is InChI=1S/C29H24N6O2/c1-16-6-3-10-22(17(16)2)23-11-5-7-18-12-20(33-29(37)24(18)23)14-35-28-25(27(30)31-15-32-28)26(34-35)19-8-4-9-21(36)13-19/h3-13,15,36H,14H2,1-2H3,(H,33,37)(H2,30,31,32). The van der Waals surface area contributed by atoms with Crippen LogP contribution >= 0.6 is 0 Å². The van der Waals surface area contributed by atoms with Crippen molar-refractivity contribution in [3.05, 3.63) is 100 Å². The van der Waals surface area contributed by atoms with Gasteiger partial charge in [0, 0.05) is 11.3 Å². The van der Waals surface area contributed by atoms with Crippen molar-refractivity contribution in [2.24, 2.45) is 0 Å². The lowest BCUT2D eigenvalue weighted by Crippen LogP contribution is -2.14. The zero-order chi connectivity index (χ0) is 25.7. The number of phenolic OH excluding ortho intramolecular Hbond substituents is 1. The number of anilines is 1. The summed E-state index contributed by atoms with van der Waals surface area (Å²) in [7, 11) is 0. The summed E-state index contributed by atoms with van der Waals surface area (Å²) in [6.07, 6.45) is 1.39. The highest BCUT2D eigenvalue weighted by molar-refractivity contribution is 5.99. The zero-order valence-electron chi connectivity index (χ0n) is 20.4. The lowest BCUT2D eigenvalue weighted by Gasteiger charge is -2.12. The summed E-state index contributed by atoms with van der Waals surface area (Å²) in [6, 6.07) is 20.8. The van der Waals surface area contributed by atoms with Crippen LogP contribution in [0.2, 0.25) is 0 Å². The van der Waals surface area contributed by atoms with Gasteiger partial charge in [-0.15, -0.1) is 0 Å². The van der Waals surface area contributed by atoms with E-state index < -0.39 is 0 Å². The van der Waals surface area contributed by atoms with Gasteiger partial charge in [0.1, 0.15) is 23.6 Å². The number of aromatic hydroxyl groups is 1. The third-order valence-corrected chi connectivity index (χ3v) is 6.82. The molecule has 0 saturated carbocycles. The van der Waals surface area contributed by atoms with E-state index in [0.29, 0.717) is 39.2 Å². The fourth-order valence-electron chi connectivity index (χ4n) is 4.89. The maximum Gasteiger partial charge on any atom is 0.256 e. The second-order valence-corrected chi connectivity index (χ2v) is 9.16. The summed E-state index contributed by atoms with van der Waals surface area (Å²) in [5.41, 5.74) is 12.8. The predicted molar refractivity (Wildman–Crippen MR) is 145 cm³/mol. The Morgan fingerprint density at radius 1 is 0.946 bits per heavy atom. The fraction of sp³-hybridized carbons (Fsp3) is 0.103. The average Bonchev–Trinajstić information content (AvgIpc) is 3.25. The van der Waals surface area contributed by atoms with Crippen molar-refractivity contribution in [2.45, 2.75) is 20.4 Å². The molecular weight excluding hydrogens is 464 g/mol. The smallest absolute Gasteiger partial charge is 0.256 e. The van der Waals surface area contributed by atoms with Crippen molar-refractivity contribution in [2.75, 3.05) is 5.73 Å². The van der Waals surface area contributed by atoms with Crippen LogP contribution in [-0.2, 0) is 6.54 Å². The maximum atomic E-state index is 13.4. The van der Waals surface area contributed by atoms with Crippen LogP contribution in [0.4, 0.5) is 5.82 Å². The Kier molecular flexibility index (Phi) is 5.22. The molecule has 0 amide bonds. The molecule has 0 atom stereocenters. The number of nitrogens with two attached hydrogens (primary N) is 1. The third-order valence-electron chi connectivity index (χ3n) is 6.82. The zero-order valence-corrected chi connectivity index (χ0v) is 20.4.